The summed E-state index contributed by atoms with van der Waals surface area (Å²) >= 11 is 0. The van der Waals surface area contributed by atoms with Crippen LogP contribution in [0.25, 0.3) is 10.9 Å². The van der Waals surface area contributed by atoms with E-state index in [9.17, 15) is 9.59 Å². The van der Waals surface area contributed by atoms with E-state index in [-0.39, 0.29) is 11.6 Å². The number of nitrogens with zero attached hydrogens (tertiary/aromatic N) is 2. The molecule has 2 aromatic rings. The summed E-state index contributed by atoms with van der Waals surface area (Å²) in [6.45, 7) is 1.04. The summed E-state index contributed by atoms with van der Waals surface area (Å²) in [7, 11) is 5.14. The second-order valence-corrected chi connectivity index (χ2v) is 5.03. The number of nitrogens with one attached hydrogen (secondary N) is 2. The Morgan fingerprint density at radius 2 is 1.95 bits per heavy atom. The van der Waals surface area contributed by atoms with Crippen molar-refractivity contribution in [2.24, 2.45) is 7.05 Å². The molecule has 21 heavy (non-hydrogen) atoms. The van der Waals surface area contributed by atoms with E-state index in [1.54, 1.807) is 31.8 Å². The van der Waals surface area contributed by atoms with Crippen LogP contribution in [0.15, 0.2) is 35.1 Å². The Balaban J connectivity index is 2.11. The lowest BCUT2D eigenvalue weighted by molar-refractivity contribution is 0.218. The third kappa shape index (κ3) is 3.34. The number of hydrogen-bond acceptors (Lipinski definition) is 3. The Hall–Kier alpha value is -2.50. The van der Waals surface area contributed by atoms with Gasteiger partial charge in [0.05, 0.1) is 5.52 Å². The lowest BCUT2D eigenvalue weighted by Crippen LogP contribution is -2.37. The van der Waals surface area contributed by atoms with Gasteiger partial charge in [0.2, 0.25) is 0 Å². The molecule has 2 N–H and O–H groups in total. The van der Waals surface area contributed by atoms with E-state index in [4.69, 9.17) is 0 Å². The van der Waals surface area contributed by atoms with Gasteiger partial charge in [0.25, 0.3) is 5.56 Å². The smallest absolute Gasteiger partial charge is 0.316 e. The number of urea groups is 1. The zero-order chi connectivity index (χ0) is 15.4. The van der Waals surface area contributed by atoms with Crippen LogP contribution in [0.5, 0.6) is 0 Å². The molecule has 0 aliphatic rings. The number of para-hydroxylation sites is 1. The molecule has 112 valence electrons. The summed E-state index contributed by atoms with van der Waals surface area (Å²) in [5.74, 6) is 0. The Labute approximate surface area is 123 Å². The van der Waals surface area contributed by atoms with Crippen LogP contribution in [0, 0.1) is 0 Å². The predicted molar refractivity (Wildman–Crippen MR) is 84.8 cm³/mol. The first-order valence-corrected chi connectivity index (χ1v) is 6.78. The topological polar surface area (TPSA) is 66.4 Å². The molecule has 6 heteroatoms. The minimum Gasteiger partial charge on any atom is -0.383 e. The van der Waals surface area contributed by atoms with E-state index in [2.05, 4.69) is 10.6 Å². The van der Waals surface area contributed by atoms with Crippen molar-refractivity contribution in [1.82, 2.24) is 14.8 Å². The summed E-state index contributed by atoms with van der Waals surface area (Å²) in [6.07, 6.45) is 0. The fraction of sp³-hybridized carbons (Fsp3) is 0.333. The predicted octanol–water partition coefficient (Wildman–Crippen LogP) is 1.22. The van der Waals surface area contributed by atoms with Crippen molar-refractivity contribution in [2.45, 2.75) is 0 Å². The molecule has 0 fully saturated rings. The molecule has 1 aromatic heterocycles. The molecule has 1 aromatic carbocycles. The molecular formula is C15H20N4O2. The number of aryl methyl sites for hydroxylation is 1. The van der Waals surface area contributed by atoms with Gasteiger partial charge in [-0.3, -0.25) is 4.79 Å². The van der Waals surface area contributed by atoms with Gasteiger partial charge in [0.15, 0.2) is 0 Å². The van der Waals surface area contributed by atoms with Crippen molar-refractivity contribution in [2.75, 3.05) is 32.5 Å². The van der Waals surface area contributed by atoms with Gasteiger partial charge < -0.3 is 20.1 Å². The van der Waals surface area contributed by atoms with Crippen molar-refractivity contribution in [1.29, 1.82) is 0 Å². The van der Waals surface area contributed by atoms with Gasteiger partial charge in [-0.1, -0.05) is 18.2 Å². The van der Waals surface area contributed by atoms with Gasteiger partial charge >= 0.3 is 6.03 Å². The molecule has 0 atom stereocenters. The maximum Gasteiger partial charge on any atom is 0.316 e. The molecule has 2 rings (SSSR count). The summed E-state index contributed by atoms with van der Waals surface area (Å²) < 4.78 is 1.62. The van der Waals surface area contributed by atoms with Gasteiger partial charge in [0.1, 0.15) is 0 Å². The highest BCUT2D eigenvalue weighted by Crippen LogP contribution is 2.20. The van der Waals surface area contributed by atoms with E-state index in [0.29, 0.717) is 13.1 Å². The molecule has 2 amide bonds. The average Bonchev–Trinajstić information content (AvgIpc) is 2.48. The quantitative estimate of drug-likeness (QED) is 0.831. The highest BCUT2D eigenvalue weighted by atomic mass is 16.2. The zero-order valence-electron chi connectivity index (χ0n) is 12.5. The lowest BCUT2D eigenvalue weighted by Gasteiger charge is -2.14. The molecule has 1 heterocycles. The van der Waals surface area contributed by atoms with Crippen molar-refractivity contribution in [3.05, 3.63) is 40.7 Å². The first-order valence-electron chi connectivity index (χ1n) is 6.78. The Bertz CT molecular complexity index is 706. The SMILES string of the molecule is CN(C)C(=O)NCCNc1cc(=O)n(C)c2ccccc12. The average molecular weight is 288 g/mol. The molecule has 0 saturated heterocycles. The van der Waals surface area contributed by atoms with Crippen LogP contribution in [0.4, 0.5) is 10.5 Å². The normalized spacial score (nSPS) is 10.4. The van der Waals surface area contributed by atoms with Crippen LogP contribution in [0.1, 0.15) is 0 Å². The minimum absolute atomic E-state index is 0.0615. The van der Waals surface area contributed by atoms with Crippen molar-refractivity contribution >= 4 is 22.6 Å². The molecule has 0 spiro atoms. The number of pyridine rings is 1. The number of carbonyl (C=O) groups excluding carboxylic acids is 1. The largest absolute Gasteiger partial charge is 0.383 e. The van der Waals surface area contributed by atoms with E-state index in [0.717, 1.165) is 16.6 Å². The van der Waals surface area contributed by atoms with Gasteiger partial charge in [-0.25, -0.2) is 4.79 Å². The molecule has 0 radical (unpaired) electrons. The standard InChI is InChI=1S/C15H20N4O2/c1-18(2)15(21)17-9-8-16-12-10-14(20)19(3)13-7-5-4-6-11(12)13/h4-7,10,16H,8-9H2,1-3H3,(H,17,21). The fourth-order valence-electron chi connectivity index (χ4n) is 2.08. The van der Waals surface area contributed by atoms with Crippen LogP contribution in [0.3, 0.4) is 0 Å². The van der Waals surface area contributed by atoms with Crippen LogP contribution in [0.2, 0.25) is 0 Å². The minimum atomic E-state index is -0.134. The Morgan fingerprint density at radius 3 is 2.67 bits per heavy atom. The molecular weight excluding hydrogens is 268 g/mol. The van der Waals surface area contributed by atoms with Crippen molar-refractivity contribution in [3.8, 4) is 0 Å². The molecule has 0 saturated carbocycles. The maximum atomic E-state index is 11.9. The number of carbonyl (C=O) groups is 1. The number of fused-ring (bicyclic) bond motifs is 1. The number of aromatic nitrogens is 1. The fourth-order valence-corrected chi connectivity index (χ4v) is 2.08. The second kappa shape index (κ2) is 6.30. The summed E-state index contributed by atoms with van der Waals surface area (Å²) in [5, 5.41) is 6.96. The summed E-state index contributed by atoms with van der Waals surface area (Å²) in [6, 6.07) is 9.17. The zero-order valence-corrected chi connectivity index (χ0v) is 12.5. The number of anilines is 1. The molecule has 0 aliphatic carbocycles. The van der Waals surface area contributed by atoms with Crippen LogP contribution >= 0.6 is 0 Å². The maximum absolute atomic E-state index is 11.9. The van der Waals surface area contributed by atoms with Gasteiger partial charge in [-0.05, 0) is 6.07 Å². The number of hydrogen-bond donors (Lipinski definition) is 2. The first kappa shape index (κ1) is 14.9. The van der Waals surface area contributed by atoms with Crippen LogP contribution in [-0.4, -0.2) is 42.7 Å². The van der Waals surface area contributed by atoms with Gasteiger partial charge in [-0.2, -0.15) is 0 Å². The van der Waals surface area contributed by atoms with E-state index >= 15 is 0 Å². The van der Waals surface area contributed by atoms with E-state index in [1.807, 2.05) is 24.3 Å². The lowest BCUT2D eigenvalue weighted by atomic mass is 10.2. The highest BCUT2D eigenvalue weighted by molar-refractivity contribution is 5.91. The third-order valence-corrected chi connectivity index (χ3v) is 3.28. The Kier molecular flexibility index (Phi) is 4.47. The Morgan fingerprint density at radius 1 is 1.24 bits per heavy atom. The van der Waals surface area contributed by atoms with Gasteiger partial charge in [0, 0.05) is 51.4 Å². The van der Waals surface area contributed by atoms with Gasteiger partial charge in [-0.15, -0.1) is 0 Å². The highest BCUT2D eigenvalue weighted by Gasteiger charge is 2.06. The molecule has 0 bridgehead atoms. The summed E-state index contributed by atoms with van der Waals surface area (Å²) in [4.78, 5) is 24.8. The van der Waals surface area contributed by atoms with E-state index in [1.165, 1.54) is 4.90 Å². The third-order valence-electron chi connectivity index (χ3n) is 3.28. The van der Waals surface area contributed by atoms with Crippen molar-refractivity contribution < 1.29 is 4.79 Å². The molecule has 0 aliphatic heterocycles. The van der Waals surface area contributed by atoms with E-state index < -0.39 is 0 Å². The number of rotatable bonds is 4. The second-order valence-electron chi connectivity index (χ2n) is 5.03. The number of amides is 2. The van der Waals surface area contributed by atoms with Crippen LogP contribution in [-0.2, 0) is 7.05 Å². The summed E-state index contributed by atoms with van der Waals surface area (Å²) in [5.41, 5.74) is 1.60. The van der Waals surface area contributed by atoms with Crippen molar-refractivity contribution in [3.63, 3.8) is 0 Å². The molecule has 6 nitrogen and oxygen atoms in total. The van der Waals surface area contributed by atoms with Crippen LogP contribution < -0.4 is 16.2 Å². The first-order chi connectivity index (χ1) is 10.0. The monoisotopic (exact) mass is 288 g/mol. The number of benzene rings is 1. The molecule has 0 unspecified atom stereocenters.